The Bertz CT molecular complexity index is 256. The number of rotatable bonds is 6. The smallest absolute Gasteiger partial charge is 0.239 e. The molecule has 0 aromatic carbocycles. The second kappa shape index (κ2) is 7.17. The number of amides is 2. The molecule has 0 saturated carbocycles. The van der Waals surface area contributed by atoms with Gasteiger partial charge in [-0.05, 0) is 6.42 Å². The van der Waals surface area contributed by atoms with Crippen molar-refractivity contribution >= 4 is 29.0 Å². The zero-order chi connectivity index (χ0) is 11.8. The van der Waals surface area contributed by atoms with Gasteiger partial charge < -0.3 is 16.4 Å². The van der Waals surface area contributed by atoms with Crippen LogP contribution in [0.15, 0.2) is 0 Å². The maximum atomic E-state index is 11.5. The van der Waals surface area contributed by atoms with Crippen LogP contribution in [-0.2, 0) is 9.59 Å². The molecule has 0 rings (SSSR count). The molecule has 0 saturated heterocycles. The average Bonchev–Trinajstić information content (AvgIpc) is 2.21. The van der Waals surface area contributed by atoms with Crippen molar-refractivity contribution in [3.8, 4) is 0 Å². The topological polar surface area (TPSA) is 84.2 Å². The molecule has 1 atom stereocenters. The summed E-state index contributed by atoms with van der Waals surface area (Å²) in [5, 5.41) is 4.88. The molecule has 5 nitrogen and oxygen atoms in total. The third kappa shape index (κ3) is 5.31. The molecular weight excluding hydrogens is 214 g/mol. The molecule has 0 heterocycles. The summed E-state index contributed by atoms with van der Waals surface area (Å²) in [7, 11) is 1.51. The van der Waals surface area contributed by atoms with E-state index in [9.17, 15) is 9.59 Å². The molecule has 1 unspecified atom stereocenters. The fourth-order valence-corrected chi connectivity index (χ4v) is 1.30. The van der Waals surface area contributed by atoms with Crippen molar-refractivity contribution in [2.45, 2.75) is 19.8 Å². The average molecular weight is 231 g/mol. The van der Waals surface area contributed by atoms with Crippen LogP contribution < -0.4 is 16.4 Å². The molecule has 0 aliphatic rings. The maximum Gasteiger partial charge on any atom is 0.239 e. The van der Waals surface area contributed by atoms with Crippen LogP contribution in [0.2, 0.25) is 0 Å². The number of carbonyl (C=O) groups excluding carboxylic acids is 2. The standard InChI is InChI=1S/C9H17N3O2S/c1-3-4-6(8(10)15)9(14)12-5-7(13)11-2/h6H,3-5H2,1-2H3,(H2,10,15)(H,11,13)(H,12,14). The predicted octanol–water partition coefficient (Wildman–Crippen LogP) is -0.449. The summed E-state index contributed by atoms with van der Waals surface area (Å²) < 4.78 is 0. The first-order valence-electron chi connectivity index (χ1n) is 4.80. The Morgan fingerprint density at radius 3 is 2.47 bits per heavy atom. The van der Waals surface area contributed by atoms with Gasteiger partial charge in [0.25, 0.3) is 0 Å². The lowest BCUT2D eigenvalue weighted by atomic mass is 10.0. The first-order chi connectivity index (χ1) is 7.02. The van der Waals surface area contributed by atoms with Gasteiger partial charge in [0.15, 0.2) is 0 Å². The van der Waals surface area contributed by atoms with Crippen molar-refractivity contribution < 1.29 is 9.59 Å². The van der Waals surface area contributed by atoms with E-state index in [1.54, 1.807) is 0 Å². The minimum absolute atomic E-state index is 0.0435. The first-order valence-corrected chi connectivity index (χ1v) is 5.21. The number of hydrogen-bond donors (Lipinski definition) is 3. The van der Waals surface area contributed by atoms with Crippen LogP contribution >= 0.6 is 12.2 Å². The van der Waals surface area contributed by atoms with Gasteiger partial charge in [-0.1, -0.05) is 25.6 Å². The van der Waals surface area contributed by atoms with Gasteiger partial charge in [0.05, 0.1) is 17.5 Å². The second-order valence-corrected chi connectivity index (χ2v) is 3.61. The van der Waals surface area contributed by atoms with E-state index >= 15 is 0 Å². The summed E-state index contributed by atoms with van der Waals surface area (Å²) >= 11 is 4.78. The lowest BCUT2D eigenvalue weighted by Gasteiger charge is -2.13. The van der Waals surface area contributed by atoms with Gasteiger partial charge in [-0.25, -0.2) is 0 Å². The SMILES string of the molecule is CCCC(C(=O)NCC(=O)NC)C(N)=S. The van der Waals surface area contributed by atoms with Gasteiger partial charge in [-0.2, -0.15) is 0 Å². The molecule has 15 heavy (non-hydrogen) atoms. The molecule has 0 aliphatic carbocycles. The highest BCUT2D eigenvalue weighted by molar-refractivity contribution is 7.80. The van der Waals surface area contributed by atoms with Gasteiger partial charge in [0, 0.05) is 7.05 Å². The summed E-state index contributed by atoms with van der Waals surface area (Å²) in [5.74, 6) is -1.01. The van der Waals surface area contributed by atoms with E-state index in [4.69, 9.17) is 18.0 Å². The van der Waals surface area contributed by atoms with E-state index in [0.717, 1.165) is 6.42 Å². The normalized spacial score (nSPS) is 11.6. The highest BCUT2D eigenvalue weighted by Gasteiger charge is 2.20. The van der Waals surface area contributed by atoms with E-state index in [1.807, 2.05) is 6.92 Å². The molecule has 0 radical (unpaired) electrons. The zero-order valence-electron chi connectivity index (χ0n) is 9.00. The fraction of sp³-hybridized carbons (Fsp3) is 0.667. The van der Waals surface area contributed by atoms with E-state index in [1.165, 1.54) is 7.05 Å². The Labute approximate surface area is 94.8 Å². The zero-order valence-corrected chi connectivity index (χ0v) is 9.82. The maximum absolute atomic E-state index is 11.5. The number of hydrogen-bond acceptors (Lipinski definition) is 3. The Morgan fingerprint density at radius 1 is 1.47 bits per heavy atom. The van der Waals surface area contributed by atoms with Gasteiger partial charge >= 0.3 is 0 Å². The third-order valence-electron chi connectivity index (χ3n) is 1.94. The lowest BCUT2D eigenvalue weighted by Crippen LogP contribution is -2.42. The number of carbonyl (C=O) groups is 2. The highest BCUT2D eigenvalue weighted by atomic mass is 32.1. The van der Waals surface area contributed by atoms with Crippen LogP contribution in [0.3, 0.4) is 0 Å². The van der Waals surface area contributed by atoms with E-state index in [0.29, 0.717) is 6.42 Å². The molecule has 2 amide bonds. The van der Waals surface area contributed by atoms with Gasteiger partial charge in [0.2, 0.25) is 11.8 Å². The van der Waals surface area contributed by atoms with Gasteiger partial charge in [-0.3, -0.25) is 9.59 Å². The number of nitrogens with two attached hydrogens (primary N) is 1. The predicted molar refractivity (Wildman–Crippen MR) is 62.3 cm³/mol. The Kier molecular flexibility index (Phi) is 6.61. The summed E-state index contributed by atoms with van der Waals surface area (Å²) in [6, 6.07) is 0. The summed E-state index contributed by atoms with van der Waals surface area (Å²) in [6.45, 7) is 1.90. The van der Waals surface area contributed by atoms with Crippen molar-refractivity contribution in [1.29, 1.82) is 0 Å². The molecule has 0 aromatic rings. The van der Waals surface area contributed by atoms with E-state index in [2.05, 4.69) is 10.6 Å². The van der Waals surface area contributed by atoms with Crippen molar-refractivity contribution in [2.24, 2.45) is 11.7 Å². The van der Waals surface area contributed by atoms with Crippen molar-refractivity contribution in [1.82, 2.24) is 10.6 Å². The summed E-state index contributed by atoms with van der Waals surface area (Å²) in [4.78, 5) is 22.6. The fourth-order valence-electron chi connectivity index (χ4n) is 1.07. The lowest BCUT2D eigenvalue weighted by molar-refractivity contribution is -0.127. The number of nitrogens with one attached hydrogen (secondary N) is 2. The van der Waals surface area contributed by atoms with Gasteiger partial charge in [0.1, 0.15) is 0 Å². The van der Waals surface area contributed by atoms with Crippen LogP contribution in [-0.4, -0.2) is 30.4 Å². The monoisotopic (exact) mass is 231 g/mol. The Balaban J connectivity index is 4.14. The second-order valence-electron chi connectivity index (χ2n) is 3.13. The van der Waals surface area contributed by atoms with E-state index < -0.39 is 5.92 Å². The molecular formula is C9H17N3O2S. The molecule has 0 bridgehead atoms. The van der Waals surface area contributed by atoms with Crippen molar-refractivity contribution in [2.75, 3.05) is 13.6 Å². The summed E-state index contributed by atoms with van der Waals surface area (Å²) in [5.41, 5.74) is 5.43. The molecule has 6 heteroatoms. The molecule has 4 N–H and O–H groups in total. The van der Waals surface area contributed by atoms with Crippen molar-refractivity contribution in [3.05, 3.63) is 0 Å². The molecule has 0 aliphatic heterocycles. The van der Waals surface area contributed by atoms with Crippen molar-refractivity contribution in [3.63, 3.8) is 0 Å². The Morgan fingerprint density at radius 2 is 2.07 bits per heavy atom. The van der Waals surface area contributed by atoms with Gasteiger partial charge in [-0.15, -0.1) is 0 Å². The van der Waals surface area contributed by atoms with Crippen LogP contribution in [0, 0.1) is 5.92 Å². The quantitative estimate of drug-likeness (QED) is 0.541. The third-order valence-corrected chi connectivity index (χ3v) is 2.22. The van der Waals surface area contributed by atoms with Crippen LogP contribution in [0.25, 0.3) is 0 Å². The summed E-state index contributed by atoms with van der Waals surface area (Å²) in [6.07, 6.45) is 1.42. The first kappa shape index (κ1) is 13.8. The molecule has 0 aromatic heterocycles. The molecule has 0 spiro atoms. The molecule has 0 fully saturated rings. The number of likely N-dealkylation sites (N-methyl/N-ethyl adjacent to an activating group) is 1. The van der Waals surface area contributed by atoms with Crippen LogP contribution in [0.5, 0.6) is 0 Å². The molecule has 86 valence electrons. The van der Waals surface area contributed by atoms with E-state index in [-0.39, 0.29) is 23.3 Å². The largest absolute Gasteiger partial charge is 0.393 e. The Hall–Kier alpha value is -1.17. The minimum atomic E-state index is -0.477. The highest BCUT2D eigenvalue weighted by Crippen LogP contribution is 2.06. The van der Waals surface area contributed by atoms with Crippen LogP contribution in [0.1, 0.15) is 19.8 Å². The van der Waals surface area contributed by atoms with Crippen LogP contribution in [0.4, 0.5) is 0 Å². The number of thiocarbonyl (C=S) groups is 1. The minimum Gasteiger partial charge on any atom is -0.393 e.